The fraction of sp³-hybridized carbons (Fsp3) is 0.286. The van der Waals surface area contributed by atoms with Gasteiger partial charge < -0.3 is 15.5 Å². The van der Waals surface area contributed by atoms with Crippen LogP contribution < -0.4 is 10.6 Å². The summed E-state index contributed by atoms with van der Waals surface area (Å²) in [5.41, 5.74) is 0.781. The Labute approximate surface area is 126 Å². The third kappa shape index (κ3) is 2.76. The summed E-state index contributed by atoms with van der Waals surface area (Å²) >= 11 is 0. The summed E-state index contributed by atoms with van der Waals surface area (Å²) in [4.78, 5) is 36.1. The molecule has 22 heavy (non-hydrogen) atoms. The molecule has 0 radical (unpaired) electrons. The van der Waals surface area contributed by atoms with Crippen LogP contribution in [0.1, 0.15) is 18.5 Å². The van der Waals surface area contributed by atoms with Crippen molar-refractivity contribution in [2.24, 2.45) is 0 Å². The van der Waals surface area contributed by atoms with E-state index in [-0.39, 0.29) is 22.7 Å². The van der Waals surface area contributed by atoms with Gasteiger partial charge in [-0.1, -0.05) is 12.1 Å². The van der Waals surface area contributed by atoms with E-state index in [4.69, 9.17) is 0 Å². The molecule has 0 unspecified atom stereocenters. The van der Waals surface area contributed by atoms with Crippen molar-refractivity contribution in [3.63, 3.8) is 0 Å². The second kappa shape index (κ2) is 5.84. The van der Waals surface area contributed by atoms with Gasteiger partial charge in [0.1, 0.15) is 0 Å². The summed E-state index contributed by atoms with van der Waals surface area (Å²) in [6, 6.07) is 4.67. The number of carbonyl (C=O) groups excluding carboxylic acids is 2. The molecule has 0 aromatic heterocycles. The molecule has 0 saturated heterocycles. The molecule has 1 aliphatic heterocycles. The maximum Gasteiger partial charge on any atom is 0.319 e. The van der Waals surface area contributed by atoms with Gasteiger partial charge in [-0.2, -0.15) is 0 Å². The first-order valence-electron chi connectivity index (χ1n) is 6.56. The summed E-state index contributed by atoms with van der Waals surface area (Å²) < 4.78 is 0. The number of hydrogen-bond donors (Lipinski definition) is 2. The van der Waals surface area contributed by atoms with Crippen LogP contribution >= 0.6 is 0 Å². The van der Waals surface area contributed by atoms with E-state index in [1.165, 1.54) is 23.1 Å². The molecule has 1 atom stereocenters. The molecule has 1 aromatic rings. The van der Waals surface area contributed by atoms with Crippen molar-refractivity contribution >= 4 is 17.6 Å². The number of benzene rings is 1. The average Bonchev–Trinajstić information content (AvgIpc) is 2.45. The van der Waals surface area contributed by atoms with Gasteiger partial charge in [-0.3, -0.25) is 14.9 Å². The molecular weight excluding hydrogens is 288 g/mol. The highest BCUT2D eigenvalue weighted by Gasteiger charge is 2.35. The molecule has 0 bridgehead atoms. The van der Waals surface area contributed by atoms with Crippen molar-refractivity contribution in [3.05, 3.63) is 51.2 Å². The summed E-state index contributed by atoms with van der Waals surface area (Å²) in [6.07, 6.45) is 0. The van der Waals surface area contributed by atoms with Gasteiger partial charge in [0.25, 0.3) is 11.6 Å². The highest BCUT2D eigenvalue weighted by atomic mass is 16.6. The molecule has 8 heteroatoms. The summed E-state index contributed by atoms with van der Waals surface area (Å²) in [5.74, 6) is -0.326. The standard InChI is InChI=1S/C14H16N4O4/c1-8-11(13(19)17(2)3)12(16-14(20)15-8)9-6-4-5-7-10(9)18(21)22/h4-7,12H,1-3H3,(H2,15,16,20)/t12-/m0/s1. The number of nitro benzene ring substituents is 1. The van der Waals surface area contributed by atoms with Crippen molar-refractivity contribution in [1.82, 2.24) is 15.5 Å². The van der Waals surface area contributed by atoms with Crippen molar-refractivity contribution in [2.75, 3.05) is 14.1 Å². The van der Waals surface area contributed by atoms with Crippen LogP contribution in [0.15, 0.2) is 35.5 Å². The van der Waals surface area contributed by atoms with Crippen molar-refractivity contribution in [2.45, 2.75) is 13.0 Å². The zero-order valence-corrected chi connectivity index (χ0v) is 12.4. The van der Waals surface area contributed by atoms with E-state index in [2.05, 4.69) is 10.6 Å². The molecule has 2 rings (SSSR count). The lowest BCUT2D eigenvalue weighted by Crippen LogP contribution is -2.46. The molecule has 0 saturated carbocycles. The topological polar surface area (TPSA) is 105 Å². The number of amides is 3. The number of likely N-dealkylation sites (N-methyl/N-ethyl adjacent to an activating group) is 1. The lowest BCUT2D eigenvalue weighted by Gasteiger charge is -2.29. The van der Waals surface area contributed by atoms with Gasteiger partial charge in [-0.05, 0) is 13.0 Å². The van der Waals surface area contributed by atoms with Crippen LogP contribution in [0.5, 0.6) is 0 Å². The van der Waals surface area contributed by atoms with Gasteiger partial charge in [0.05, 0.1) is 22.1 Å². The Kier molecular flexibility index (Phi) is 4.11. The maximum atomic E-state index is 12.4. The molecule has 3 amide bonds. The Hall–Kier alpha value is -2.90. The highest BCUT2D eigenvalue weighted by molar-refractivity contribution is 5.98. The molecule has 2 N–H and O–H groups in total. The monoisotopic (exact) mass is 304 g/mol. The van der Waals surface area contributed by atoms with Crippen LogP contribution in [0, 0.1) is 10.1 Å². The first-order valence-corrected chi connectivity index (χ1v) is 6.56. The van der Waals surface area contributed by atoms with Crippen LogP contribution in [-0.2, 0) is 4.79 Å². The second-order valence-electron chi connectivity index (χ2n) is 5.09. The Morgan fingerprint density at radius 2 is 1.95 bits per heavy atom. The van der Waals surface area contributed by atoms with E-state index in [1.807, 2.05) is 0 Å². The number of rotatable bonds is 3. The van der Waals surface area contributed by atoms with Gasteiger partial charge in [0.2, 0.25) is 0 Å². The maximum absolute atomic E-state index is 12.4. The van der Waals surface area contributed by atoms with E-state index < -0.39 is 17.0 Å². The van der Waals surface area contributed by atoms with Crippen molar-refractivity contribution in [1.29, 1.82) is 0 Å². The summed E-state index contributed by atoms with van der Waals surface area (Å²) in [7, 11) is 3.16. The van der Waals surface area contributed by atoms with Crippen molar-refractivity contribution < 1.29 is 14.5 Å². The SMILES string of the molecule is CC1=C(C(=O)N(C)C)[C@H](c2ccccc2[N+](=O)[O-])NC(=O)N1. The fourth-order valence-corrected chi connectivity index (χ4v) is 2.35. The van der Waals surface area contributed by atoms with Crippen LogP contribution in [0.25, 0.3) is 0 Å². The first kappa shape index (κ1) is 15.5. The number of carbonyl (C=O) groups is 2. The first-order chi connectivity index (χ1) is 10.3. The van der Waals surface area contributed by atoms with E-state index in [9.17, 15) is 19.7 Å². The Balaban J connectivity index is 2.61. The molecule has 0 spiro atoms. The largest absolute Gasteiger partial charge is 0.345 e. The fourth-order valence-electron chi connectivity index (χ4n) is 2.35. The van der Waals surface area contributed by atoms with Gasteiger partial charge in [0.15, 0.2) is 0 Å². The molecular formula is C14H16N4O4. The molecule has 116 valence electrons. The number of nitrogens with zero attached hydrogens (tertiary/aromatic N) is 2. The molecule has 1 heterocycles. The molecule has 0 aliphatic carbocycles. The van der Waals surface area contributed by atoms with Gasteiger partial charge in [-0.25, -0.2) is 4.79 Å². The Bertz CT molecular complexity index is 681. The minimum absolute atomic E-state index is 0.147. The van der Waals surface area contributed by atoms with E-state index in [0.717, 1.165) is 0 Å². The highest BCUT2D eigenvalue weighted by Crippen LogP contribution is 2.33. The van der Waals surface area contributed by atoms with Crippen LogP contribution in [0.2, 0.25) is 0 Å². The third-order valence-corrected chi connectivity index (χ3v) is 3.35. The molecule has 8 nitrogen and oxygen atoms in total. The lowest BCUT2D eigenvalue weighted by molar-refractivity contribution is -0.385. The number of nitro groups is 1. The Morgan fingerprint density at radius 3 is 2.55 bits per heavy atom. The van der Waals surface area contributed by atoms with E-state index in [0.29, 0.717) is 5.70 Å². The van der Waals surface area contributed by atoms with E-state index >= 15 is 0 Å². The third-order valence-electron chi connectivity index (χ3n) is 3.35. The number of allylic oxidation sites excluding steroid dienone is 1. The summed E-state index contributed by atoms with van der Waals surface area (Å²) in [6.45, 7) is 1.59. The van der Waals surface area contributed by atoms with Crippen LogP contribution in [-0.4, -0.2) is 35.9 Å². The lowest BCUT2D eigenvalue weighted by atomic mass is 9.93. The van der Waals surface area contributed by atoms with Crippen LogP contribution in [0.4, 0.5) is 10.5 Å². The van der Waals surface area contributed by atoms with Gasteiger partial charge in [0, 0.05) is 25.9 Å². The molecule has 1 aliphatic rings. The minimum Gasteiger partial charge on any atom is -0.345 e. The number of para-hydroxylation sites is 1. The van der Waals surface area contributed by atoms with Crippen molar-refractivity contribution in [3.8, 4) is 0 Å². The number of hydrogen-bond acceptors (Lipinski definition) is 4. The second-order valence-corrected chi connectivity index (χ2v) is 5.09. The van der Waals surface area contributed by atoms with Gasteiger partial charge >= 0.3 is 6.03 Å². The smallest absolute Gasteiger partial charge is 0.319 e. The number of urea groups is 1. The average molecular weight is 304 g/mol. The zero-order valence-electron chi connectivity index (χ0n) is 12.4. The molecule has 1 aromatic carbocycles. The van der Waals surface area contributed by atoms with Gasteiger partial charge in [-0.15, -0.1) is 0 Å². The summed E-state index contributed by atoms with van der Waals surface area (Å²) in [5, 5.41) is 16.3. The predicted molar refractivity (Wildman–Crippen MR) is 78.9 cm³/mol. The normalized spacial score (nSPS) is 17.6. The van der Waals surface area contributed by atoms with Crippen LogP contribution in [0.3, 0.4) is 0 Å². The minimum atomic E-state index is -0.870. The van der Waals surface area contributed by atoms with E-state index in [1.54, 1.807) is 27.1 Å². The Morgan fingerprint density at radius 1 is 1.32 bits per heavy atom. The quantitative estimate of drug-likeness (QED) is 0.649. The molecule has 0 fully saturated rings. The number of nitrogens with one attached hydrogen (secondary N) is 2. The zero-order chi connectivity index (χ0) is 16.4. The predicted octanol–water partition coefficient (Wildman–Crippen LogP) is 1.31.